The number of carbonyl (C=O) groups is 1. The van der Waals surface area contributed by atoms with Crippen LogP contribution in [-0.2, 0) is 9.53 Å². The van der Waals surface area contributed by atoms with Gasteiger partial charge in [0.2, 0.25) is 0 Å². The van der Waals surface area contributed by atoms with E-state index in [9.17, 15) is 9.59 Å². The highest BCUT2D eigenvalue weighted by Gasteiger charge is 2.33. The summed E-state index contributed by atoms with van der Waals surface area (Å²) in [5.74, 6) is -0.0793. The second-order valence-electron chi connectivity index (χ2n) is 10.4. The summed E-state index contributed by atoms with van der Waals surface area (Å²) in [5.41, 5.74) is 3.84. The maximum Gasteiger partial charge on any atom is 0.338 e. The molecule has 0 bridgehead atoms. The zero-order valence-electron chi connectivity index (χ0n) is 23.0. The Morgan fingerprint density at radius 3 is 2.23 bits per heavy atom. The van der Waals surface area contributed by atoms with Crippen LogP contribution in [0.2, 0.25) is 0 Å². The number of benzene rings is 4. The molecule has 0 unspecified atom stereocenters. The molecule has 40 heavy (non-hydrogen) atoms. The van der Waals surface area contributed by atoms with E-state index in [-0.39, 0.29) is 12.2 Å². The van der Waals surface area contributed by atoms with Gasteiger partial charge in [-0.3, -0.25) is 9.36 Å². The molecule has 0 N–H and O–H groups in total. The van der Waals surface area contributed by atoms with Gasteiger partial charge in [-0.2, -0.15) is 0 Å². The van der Waals surface area contributed by atoms with Gasteiger partial charge < -0.3 is 4.74 Å². The lowest BCUT2D eigenvalue weighted by molar-refractivity contribution is -0.139. The molecule has 0 aliphatic carbocycles. The monoisotopic (exact) mass is 546 g/mol. The van der Waals surface area contributed by atoms with Crippen molar-refractivity contribution in [1.82, 2.24) is 4.57 Å². The maximum absolute atomic E-state index is 14.2. The average molecular weight is 547 g/mol. The van der Waals surface area contributed by atoms with Crippen LogP contribution in [0, 0.1) is 0 Å². The predicted octanol–water partition coefficient (Wildman–Crippen LogP) is 6.23. The summed E-state index contributed by atoms with van der Waals surface area (Å²) in [6.45, 7) is 8.13. The molecule has 6 heteroatoms. The van der Waals surface area contributed by atoms with Crippen molar-refractivity contribution in [3.8, 4) is 0 Å². The molecule has 0 spiro atoms. The van der Waals surface area contributed by atoms with Crippen LogP contribution in [0.3, 0.4) is 0 Å². The van der Waals surface area contributed by atoms with Gasteiger partial charge in [-0.1, -0.05) is 98.0 Å². The van der Waals surface area contributed by atoms with Crippen molar-refractivity contribution in [3.63, 3.8) is 0 Å². The highest BCUT2D eigenvalue weighted by Crippen LogP contribution is 2.32. The number of allylic oxidation sites excluding steroid dienone is 1. The molecule has 2 heterocycles. The molecular formula is C34H30N2O3S. The van der Waals surface area contributed by atoms with Crippen LogP contribution in [0.15, 0.2) is 99.9 Å². The lowest BCUT2D eigenvalue weighted by Gasteiger charge is -2.25. The van der Waals surface area contributed by atoms with Crippen molar-refractivity contribution in [2.45, 2.75) is 39.7 Å². The Balaban J connectivity index is 1.62. The molecule has 0 fully saturated rings. The third-order valence-corrected chi connectivity index (χ3v) is 8.51. The number of fused-ring (bicyclic) bond motifs is 3. The zero-order chi connectivity index (χ0) is 28.0. The summed E-state index contributed by atoms with van der Waals surface area (Å²) in [5, 5.41) is 4.39. The number of esters is 1. The van der Waals surface area contributed by atoms with Crippen LogP contribution in [0.1, 0.15) is 56.3 Å². The standard InChI is InChI=1S/C34H30N2O3S/c1-5-39-33(38)30-21(4)35-34-36(31(30)23-16-14-22(15-17-23)20(2)3)32(37)29(40-34)19-28-26-12-8-6-10-24(26)18-25-11-7-9-13-27(25)28/h6-20,31H,5H2,1-4H3/b29-19+/t31-/m0/s1. The Labute approximate surface area is 236 Å². The summed E-state index contributed by atoms with van der Waals surface area (Å²) < 4.78 is 7.67. The first-order valence-corrected chi connectivity index (χ1v) is 14.4. The number of rotatable bonds is 5. The van der Waals surface area contributed by atoms with E-state index in [1.807, 2.05) is 49.4 Å². The number of ether oxygens (including phenoxy) is 1. The van der Waals surface area contributed by atoms with Crippen LogP contribution >= 0.6 is 11.3 Å². The highest BCUT2D eigenvalue weighted by molar-refractivity contribution is 7.07. The number of carbonyl (C=O) groups excluding carboxylic acids is 1. The minimum Gasteiger partial charge on any atom is -0.463 e. The molecule has 1 atom stereocenters. The molecule has 0 saturated carbocycles. The fraction of sp³-hybridized carbons (Fsp3) is 0.206. The van der Waals surface area contributed by atoms with E-state index in [1.165, 1.54) is 16.9 Å². The molecule has 0 radical (unpaired) electrons. The van der Waals surface area contributed by atoms with E-state index in [0.29, 0.717) is 26.5 Å². The molecule has 5 nitrogen and oxygen atoms in total. The first-order chi connectivity index (χ1) is 19.4. The van der Waals surface area contributed by atoms with Crippen LogP contribution in [-0.4, -0.2) is 17.1 Å². The van der Waals surface area contributed by atoms with Gasteiger partial charge in [0.1, 0.15) is 0 Å². The first-order valence-electron chi connectivity index (χ1n) is 13.6. The smallest absolute Gasteiger partial charge is 0.338 e. The Morgan fingerprint density at radius 1 is 1.00 bits per heavy atom. The van der Waals surface area contributed by atoms with Crippen molar-refractivity contribution in [1.29, 1.82) is 0 Å². The third-order valence-electron chi connectivity index (χ3n) is 7.52. The normalized spacial score (nSPS) is 15.5. The molecule has 6 rings (SSSR count). The number of hydrogen-bond donors (Lipinski definition) is 0. The molecule has 1 aliphatic rings. The Kier molecular flexibility index (Phi) is 6.72. The fourth-order valence-corrected chi connectivity index (χ4v) is 6.53. The number of aromatic nitrogens is 1. The second kappa shape index (κ2) is 10.4. The van der Waals surface area contributed by atoms with Crippen molar-refractivity contribution in [2.75, 3.05) is 6.61 Å². The van der Waals surface area contributed by atoms with E-state index in [1.54, 1.807) is 11.5 Å². The topological polar surface area (TPSA) is 60.7 Å². The Morgan fingerprint density at radius 2 is 1.62 bits per heavy atom. The quantitative estimate of drug-likeness (QED) is 0.194. The van der Waals surface area contributed by atoms with Gasteiger partial charge in [0.15, 0.2) is 4.80 Å². The molecule has 200 valence electrons. The van der Waals surface area contributed by atoms with Crippen LogP contribution in [0.4, 0.5) is 0 Å². The number of hydrogen-bond acceptors (Lipinski definition) is 5. The van der Waals surface area contributed by atoms with Gasteiger partial charge in [-0.25, -0.2) is 9.79 Å². The second-order valence-corrected chi connectivity index (χ2v) is 11.4. The number of nitrogens with zero attached hydrogens (tertiary/aromatic N) is 2. The van der Waals surface area contributed by atoms with E-state index in [2.05, 4.69) is 56.3 Å². The summed E-state index contributed by atoms with van der Waals surface area (Å²) >= 11 is 1.35. The Bertz CT molecular complexity index is 1940. The minimum atomic E-state index is -0.622. The molecular weight excluding hydrogens is 516 g/mol. The van der Waals surface area contributed by atoms with E-state index in [4.69, 9.17) is 9.73 Å². The van der Waals surface area contributed by atoms with E-state index >= 15 is 0 Å². The number of thiazole rings is 1. The van der Waals surface area contributed by atoms with Gasteiger partial charge in [-0.05, 0) is 70.1 Å². The van der Waals surface area contributed by atoms with Crippen LogP contribution in [0.5, 0.6) is 0 Å². The van der Waals surface area contributed by atoms with E-state index in [0.717, 1.165) is 32.7 Å². The molecule has 4 aromatic carbocycles. The first kappa shape index (κ1) is 26.0. The van der Waals surface area contributed by atoms with Gasteiger partial charge >= 0.3 is 5.97 Å². The zero-order valence-corrected chi connectivity index (χ0v) is 23.8. The maximum atomic E-state index is 14.2. The highest BCUT2D eigenvalue weighted by atomic mass is 32.1. The van der Waals surface area contributed by atoms with Crippen molar-refractivity contribution in [3.05, 3.63) is 127 Å². The van der Waals surface area contributed by atoms with Crippen LogP contribution < -0.4 is 14.9 Å². The van der Waals surface area contributed by atoms with Gasteiger partial charge in [0, 0.05) is 0 Å². The van der Waals surface area contributed by atoms with Crippen LogP contribution in [0.25, 0.3) is 27.6 Å². The molecule has 0 saturated heterocycles. The van der Waals surface area contributed by atoms with E-state index < -0.39 is 12.0 Å². The molecule has 5 aromatic rings. The largest absolute Gasteiger partial charge is 0.463 e. The lowest BCUT2D eigenvalue weighted by Crippen LogP contribution is -2.39. The van der Waals surface area contributed by atoms with Crippen molar-refractivity contribution >= 4 is 44.9 Å². The molecule has 0 amide bonds. The van der Waals surface area contributed by atoms with Crippen molar-refractivity contribution in [2.24, 2.45) is 4.99 Å². The minimum absolute atomic E-state index is 0.173. The molecule has 1 aromatic heterocycles. The summed E-state index contributed by atoms with van der Waals surface area (Å²) in [6.07, 6.45) is 1.98. The SMILES string of the molecule is CCOC(=O)C1=C(C)N=c2s/c(=C/c3c4ccccc4cc4ccccc34)c(=O)n2[C@H]1c1ccc(C(C)C)cc1. The third kappa shape index (κ3) is 4.38. The summed E-state index contributed by atoms with van der Waals surface area (Å²) in [6, 6.07) is 26.2. The average Bonchev–Trinajstić information content (AvgIpc) is 3.26. The predicted molar refractivity (Wildman–Crippen MR) is 162 cm³/mol. The van der Waals surface area contributed by atoms with Crippen molar-refractivity contribution < 1.29 is 9.53 Å². The lowest BCUT2D eigenvalue weighted by atomic mass is 9.93. The summed E-state index contributed by atoms with van der Waals surface area (Å²) in [4.78, 5) is 32.7. The Hall–Kier alpha value is -4.29. The van der Waals surface area contributed by atoms with Gasteiger partial charge in [0.05, 0.1) is 28.5 Å². The molecule has 1 aliphatic heterocycles. The fourth-order valence-electron chi connectivity index (χ4n) is 5.51. The van der Waals surface area contributed by atoms with Gasteiger partial charge in [0.25, 0.3) is 5.56 Å². The van der Waals surface area contributed by atoms with Gasteiger partial charge in [-0.15, -0.1) is 0 Å². The summed E-state index contributed by atoms with van der Waals surface area (Å²) in [7, 11) is 0.